The minimum absolute atomic E-state index is 0.0107. The zero-order valence-corrected chi connectivity index (χ0v) is 11.0. The van der Waals surface area contributed by atoms with Gasteiger partial charge in [0, 0.05) is 11.8 Å². The van der Waals surface area contributed by atoms with Crippen molar-refractivity contribution in [3.8, 4) is 0 Å². The quantitative estimate of drug-likeness (QED) is 0.809. The molecule has 98 valence electrons. The molecule has 0 aliphatic carbocycles. The molecule has 0 aliphatic heterocycles. The van der Waals surface area contributed by atoms with Crippen molar-refractivity contribution < 1.29 is 8.78 Å². The first kappa shape index (κ1) is 13.4. The van der Waals surface area contributed by atoms with Crippen molar-refractivity contribution in [2.45, 2.75) is 6.92 Å². The van der Waals surface area contributed by atoms with Crippen molar-refractivity contribution in [2.24, 2.45) is 0 Å². The van der Waals surface area contributed by atoms with Gasteiger partial charge in [0.15, 0.2) is 5.11 Å². The van der Waals surface area contributed by atoms with Crippen molar-refractivity contribution in [1.82, 2.24) is 0 Å². The molecule has 5 heteroatoms. The molecule has 0 aromatic heterocycles. The SMILES string of the molecule is Cc1cc(F)c(NC(=S)Nc2ccccc2)cc1F. The molecule has 0 bridgehead atoms. The van der Waals surface area contributed by atoms with Gasteiger partial charge in [-0.25, -0.2) is 8.78 Å². The van der Waals surface area contributed by atoms with Crippen molar-refractivity contribution in [2.75, 3.05) is 10.6 Å². The Kier molecular flexibility index (Phi) is 4.06. The van der Waals surface area contributed by atoms with Crippen molar-refractivity contribution in [3.05, 3.63) is 59.7 Å². The largest absolute Gasteiger partial charge is 0.332 e. The summed E-state index contributed by atoms with van der Waals surface area (Å²) in [6.45, 7) is 1.50. The third-order valence-electron chi connectivity index (χ3n) is 2.53. The summed E-state index contributed by atoms with van der Waals surface area (Å²) in [6.07, 6.45) is 0. The molecule has 0 saturated carbocycles. The van der Waals surface area contributed by atoms with E-state index in [1.807, 2.05) is 30.3 Å². The molecule has 0 fully saturated rings. The second-order valence-corrected chi connectivity index (χ2v) is 4.43. The Morgan fingerprint density at radius 1 is 1.00 bits per heavy atom. The van der Waals surface area contributed by atoms with Gasteiger partial charge < -0.3 is 10.6 Å². The topological polar surface area (TPSA) is 24.1 Å². The zero-order valence-electron chi connectivity index (χ0n) is 10.2. The molecule has 0 heterocycles. The number of halogens is 2. The van der Waals surface area contributed by atoms with Crippen LogP contribution >= 0.6 is 12.2 Å². The number of hydrogen-bond acceptors (Lipinski definition) is 1. The highest BCUT2D eigenvalue weighted by molar-refractivity contribution is 7.80. The molecule has 19 heavy (non-hydrogen) atoms. The van der Waals surface area contributed by atoms with Crippen LogP contribution in [0.3, 0.4) is 0 Å². The van der Waals surface area contributed by atoms with E-state index in [0.29, 0.717) is 0 Å². The molecule has 2 aromatic rings. The van der Waals surface area contributed by atoms with Gasteiger partial charge in [0.05, 0.1) is 5.69 Å². The van der Waals surface area contributed by atoms with E-state index in [1.165, 1.54) is 6.92 Å². The monoisotopic (exact) mass is 278 g/mol. The summed E-state index contributed by atoms with van der Waals surface area (Å²) in [5, 5.41) is 5.72. The number of hydrogen-bond donors (Lipinski definition) is 2. The zero-order chi connectivity index (χ0) is 13.8. The van der Waals surface area contributed by atoms with E-state index in [1.54, 1.807) is 0 Å². The maximum absolute atomic E-state index is 13.6. The van der Waals surface area contributed by atoms with E-state index in [9.17, 15) is 8.78 Å². The maximum atomic E-state index is 13.6. The fourth-order valence-corrected chi connectivity index (χ4v) is 1.78. The summed E-state index contributed by atoms with van der Waals surface area (Å²) in [7, 11) is 0. The molecule has 0 atom stereocenters. The average molecular weight is 278 g/mol. The predicted octanol–water partition coefficient (Wildman–Crippen LogP) is 4.08. The summed E-state index contributed by atoms with van der Waals surface area (Å²) in [6, 6.07) is 11.4. The van der Waals surface area contributed by atoms with E-state index in [-0.39, 0.29) is 16.4 Å². The molecular weight excluding hydrogens is 266 g/mol. The summed E-state index contributed by atoms with van der Waals surface area (Å²) < 4.78 is 27.0. The number of thiocarbonyl (C=S) groups is 1. The van der Waals surface area contributed by atoms with Crippen molar-refractivity contribution in [3.63, 3.8) is 0 Å². The van der Waals surface area contributed by atoms with Crippen LogP contribution in [-0.2, 0) is 0 Å². The maximum Gasteiger partial charge on any atom is 0.175 e. The molecule has 0 aliphatic rings. The molecule has 0 saturated heterocycles. The number of para-hydroxylation sites is 1. The van der Waals surface area contributed by atoms with Gasteiger partial charge in [0.25, 0.3) is 0 Å². The van der Waals surface area contributed by atoms with Crippen LogP contribution in [0.5, 0.6) is 0 Å². The van der Waals surface area contributed by atoms with Crippen LogP contribution in [0.1, 0.15) is 5.56 Å². The van der Waals surface area contributed by atoms with Crippen LogP contribution in [0.2, 0.25) is 0 Å². The Labute approximate surface area is 115 Å². The van der Waals surface area contributed by atoms with Crippen molar-refractivity contribution >= 4 is 28.7 Å². The molecule has 0 unspecified atom stereocenters. The van der Waals surface area contributed by atoms with Gasteiger partial charge in [0.1, 0.15) is 11.6 Å². The van der Waals surface area contributed by atoms with E-state index >= 15 is 0 Å². The first-order chi connectivity index (χ1) is 9.06. The van der Waals surface area contributed by atoms with E-state index in [4.69, 9.17) is 12.2 Å². The highest BCUT2D eigenvalue weighted by atomic mass is 32.1. The van der Waals surface area contributed by atoms with E-state index in [2.05, 4.69) is 10.6 Å². The lowest BCUT2D eigenvalue weighted by atomic mass is 10.2. The molecule has 2 N–H and O–H groups in total. The van der Waals surface area contributed by atoms with Crippen LogP contribution in [-0.4, -0.2) is 5.11 Å². The summed E-state index contributed by atoms with van der Waals surface area (Å²) in [5.41, 5.74) is 1.04. The number of benzene rings is 2. The molecule has 0 amide bonds. The Bertz CT molecular complexity index is 600. The van der Waals surface area contributed by atoms with Gasteiger partial charge in [-0.15, -0.1) is 0 Å². The molecule has 2 rings (SSSR count). The third-order valence-corrected chi connectivity index (χ3v) is 2.73. The van der Waals surface area contributed by atoms with Crippen LogP contribution < -0.4 is 10.6 Å². The number of rotatable bonds is 2. The van der Waals surface area contributed by atoms with Gasteiger partial charge in [-0.3, -0.25) is 0 Å². The second-order valence-electron chi connectivity index (χ2n) is 4.03. The predicted molar refractivity (Wildman–Crippen MR) is 77.4 cm³/mol. The third kappa shape index (κ3) is 3.48. The summed E-state index contributed by atoms with van der Waals surface area (Å²) >= 11 is 5.04. The standard InChI is InChI=1S/C14H12F2N2S/c1-9-7-12(16)13(8-11(9)15)18-14(19)17-10-5-3-2-4-6-10/h2-8H,1H3,(H2,17,18,19). The van der Waals surface area contributed by atoms with Crippen LogP contribution in [0.15, 0.2) is 42.5 Å². The van der Waals surface area contributed by atoms with Gasteiger partial charge in [-0.2, -0.15) is 0 Å². The Morgan fingerprint density at radius 3 is 2.37 bits per heavy atom. The van der Waals surface area contributed by atoms with E-state index in [0.717, 1.165) is 17.8 Å². The Hall–Kier alpha value is -2.01. The lowest BCUT2D eigenvalue weighted by molar-refractivity contribution is 0.596. The first-order valence-corrected chi connectivity index (χ1v) is 6.06. The van der Waals surface area contributed by atoms with Crippen molar-refractivity contribution in [1.29, 1.82) is 0 Å². The van der Waals surface area contributed by atoms with Gasteiger partial charge in [-0.05, 0) is 42.9 Å². The highest BCUT2D eigenvalue weighted by Gasteiger charge is 2.08. The normalized spacial score (nSPS) is 10.1. The molecule has 2 nitrogen and oxygen atoms in total. The molecule has 0 radical (unpaired) electrons. The minimum atomic E-state index is -0.545. The second kappa shape index (κ2) is 5.75. The van der Waals surface area contributed by atoms with Crippen LogP contribution in [0.4, 0.5) is 20.2 Å². The molecular formula is C14H12F2N2S. The van der Waals surface area contributed by atoms with Crippen LogP contribution in [0.25, 0.3) is 0 Å². The Morgan fingerprint density at radius 2 is 1.68 bits per heavy atom. The smallest absolute Gasteiger partial charge is 0.175 e. The number of nitrogens with one attached hydrogen (secondary N) is 2. The lowest BCUT2D eigenvalue weighted by Gasteiger charge is -2.11. The van der Waals surface area contributed by atoms with Gasteiger partial charge >= 0.3 is 0 Å². The Balaban J connectivity index is 2.09. The van der Waals surface area contributed by atoms with Gasteiger partial charge in [-0.1, -0.05) is 18.2 Å². The minimum Gasteiger partial charge on any atom is -0.332 e. The fourth-order valence-electron chi connectivity index (χ4n) is 1.55. The lowest BCUT2D eigenvalue weighted by Crippen LogP contribution is -2.20. The number of anilines is 2. The first-order valence-electron chi connectivity index (χ1n) is 5.65. The van der Waals surface area contributed by atoms with Gasteiger partial charge in [0.2, 0.25) is 0 Å². The average Bonchev–Trinajstić information content (AvgIpc) is 2.37. The van der Waals surface area contributed by atoms with E-state index < -0.39 is 11.6 Å². The number of aryl methyl sites for hydroxylation is 1. The fraction of sp³-hybridized carbons (Fsp3) is 0.0714. The highest BCUT2D eigenvalue weighted by Crippen LogP contribution is 2.19. The summed E-state index contributed by atoms with van der Waals surface area (Å²) in [5.74, 6) is -1.03. The van der Waals surface area contributed by atoms with Crippen LogP contribution in [0, 0.1) is 18.6 Å². The molecule has 0 spiro atoms. The molecule has 2 aromatic carbocycles. The summed E-state index contributed by atoms with van der Waals surface area (Å²) in [4.78, 5) is 0.